The topological polar surface area (TPSA) is 49.9 Å². The number of aromatic amines is 1. The molecule has 0 radical (unpaired) electrons. The van der Waals surface area contributed by atoms with Crippen molar-refractivity contribution in [3.8, 4) is 17.0 Å². The lowest BCUT2D eigenvalue weighted by Gasteiger charge is -2.17. The summed E-state index contributed by atoms with van der Waals surface area (Å²) in [6, 6.07) is 28.8. The molecule has 0 aliphatic rings. The summed E-state index contributed by atoms with van der Waals surface area (Å²) in [5.41, 5.74) is 4.63. The third kappa shape index (κ3) is 4.74. The van der Waals surface area contributed by atoms with E-state index in [-0.39, 0.29) is 6.04 Å². The first kappa shape index (κ1) is 20.5. The van der Waals surface area contributed by atoms with E-state index < -0.39 is 0 Å². The summed E-state index contributed by atoms with van der Waals surface area (Å²) < 4.78 is 5.89. The van der Waals surface area contributed by atoms with Gasteiger partial charge >= 0.3 is 0 Å². The third-order valence-corrected chi connectivity index (χ3v) is 6.45. The van der Waals surface area contributed by atoms with Crippen LogP contribution in [0.15, 0.2) is 96.5 Å². The number of fused-ring (bicyclic) bond motifs is 1. The summed E-state index contributed by atoms with van der Waals surface area (Å²) >= 11 is 1.71. The minimum absolute atomic E-state index is 0.107. The van der Waals surface area contributed by atoms with Crippen LogP contribution in [-0.2, 0) is 6.42 Å². The molecule has 4 nitrogen and oxygen atoms in total. The second-order valence-corrected chi connectivity index (χ2v) is 8.56. The predicted molar refractivity (Wildman–Crippen MR) is 132 cm³/mol. The van der Waals surface area contributed by atoms with Crippen molar-refractivity contribution in [1.82, 2.24) is 15.3 Å². The Bertz CT molecular complexity index is 1260. The first-order valence-corrected chi connectivity index (χ1v) is 11.7. The van der Waals surface area contributed by atoms with E-state index in [2.05, 4.69) is 70.4 Å². The van der Waals surface area contributed by atoms with Gasteiger partial charge in [0, 0.05) is 34.6 Å². The molecule has 0 bridgehead atoms. The monoisotopic (exact) mass is 439 g/mol. The molecule has 0 aliphatic heterocycles. The van der Waals surface area contributed by atoms with E-state index in [1.807, 2.05) is 36.4 Å². The van der Waals surface area contributed by atoms with E-state index in [0.29, 0.717) is 6.61 Å². The van der Waals surface area contributed by atoms with Gasteiger partial charge in [-0.25, -0.2) is 4.98 Å². The Kier molecular flexibility index (Phi) is 6.28. The van der Waals surface area contributed by atoms with Crippen LogP contribution >= 0.6 is 11.3 Å². The molecule has 160 valence electrons. The maximum Gasteiger partial charge on any atom is 0.119 e. The molecule has 0 aliphatic carbocycles. The molecule has 0 amide bonds. The molecule has 1 unspecified atom stereocenters. The second-order valence-electron chi connectivity index (χ2n) is 7.67. The molecular weight excluding hydrogens is 414 g/mol. The molecular formula is C27H25N3OS. The number of nitrogens with zero attached hydrogens (tertiary/aromatic N) is 1. The van der Waals surface area contributed by atoms with E-state index >= 15 is 0 Å². The lowest BCUT2D eigenvalue weighted by Crippen LogP contribution is -2.27. The van der Waals surface area contributed by atoms with Crippen LogP contribution < -0.4 is 10.1 Å². The highest BCUT2D eigenvalue weighted by molar-refractivity contribution is 7.10. The average molecular weight is 440 g/mol. The van der Waals surface area contributed by atoms with E-state index in [9.17, 15) is 0 Å². The summed E-state index contributed by atoms with van der Waals surface area (Å²) in [4.78, 5) is 8.38. The number of ether oxygens (including phenoxy) is 1. The Balaban J connectivity index is 1.34. The Morgan fingerprint density at radius 2 is 1.66 bits per heavy atom. The van der Waals surface area contributed by atoms with Gasteiger partial charge in [-0.2, -0.15) is 0 Å². The van der Waals surface area contributed by atoms with Crippen LogP contribution in [0.25, 0.3) is 22.2 Å². The standard InChI is InChI=1S/C27H25N3OS/c1-3-9-20(10-4-1)26-19-32-27(30-26)25(28-15-16-31-22-11-5-2-6-12-22)17-21-18-29-24-14-8-7-13-23(21)24/h1-14,18-19,25,28-29H,15-17H2. The van der Waals surface area contributed by atoms with Crippen LogP contribution in [0.2, 0.25) is 0 Å². The van der Waals surface area contributed by atoms with Gasteiger partial charge in [0.05, 0.1) is 11.7 Å². The second kappa shape index (κ2) is 9.81. The van der Waals surface area contributed by atoms with Crippen LogP contribution in [0.1, 0.15) is 16.6 Å². The van der Waals surface area contributed by atoms with Gasteiger partial charge in [0.15, 0.2) is 0 Å². The van der Waals surface area contributed by atoms with Crippen molar-refractivity contribution in [2.24, 2.45) is 0 Å². The highest BCUT2D eigenvalue weighted by Crippen LogP contribution is 2.29. The van der Waals surface area contributed by atoms with Crippen molar-refractivity contribution in [1.29, 1.82) is 0 Å². The smallest absolute Gasteiger partial charge is 0.119 e. The highest BCUT2D eigenvalue weighted by atomic mass is 32.1. The predicted octanol–water partition coefficient (Wildman–Crippen LogP) is 6.24. The van der Waals surface area contributed by atoms with Gasteiger partial charge in [0.25, 0.3) is 0 Å². The van der Waals surface area contributed by atoms with Crippen LogP contribution in [0.3, 0.4) is 0 Å². The lowest BCUT2D eigenvalue weighted by molar-refractivity contribution is 0.305. The minimum Gasteiger partial charge on any atom is -0.492 e. The maximum absolute atomic E-state index is 5.89. The zero-order valence-corrected chi connectivity index (χ0v) is 18.5. The van der Waals surface area contributed by atoms with Gasteiger partial charge in [-0.1, -0.05) is 66.7 Å². The van der Waals surface area contributed by atoms with Crippen molar-refractivity contribution >= 4 is 22.2 Å². The molecule has 2 N–H and O–H groups in total. The summed E-state index contributed by atoms with van der Waals surface area (Å²) in [5.74, 6) is 0.892. The zero-order chi connectivity index (χ0) is 21.6. The molecule has 5 rings (SSSR count). The van der Waals surface area contributed by atoms with Gasteiger partial charge in [0.2, 0.25) is 0 Å². The summed E-state index contributed by atoms with van der Waals surface area (Å²) in [5, 5.41) is 8.19. The van der Waals surface area contributed by atoms with Gasteiger partial charge in [0.1, 0.15) is 17.4 Å². The molecule has 5 aromatic rings. The Labute approximate surface area is 191 Å². The fourth-order valence-electron chi connectivity index (χ4n) is 3.88. The molecule has 32 heavy (non-hydrogen) atoms. The van der Waals surface area contributed by atoms with Crippen molar-refractivity contribution in [3.63, 3.8) is 0 Å². The summed E-state index contributed by atoms with van der Waals surface area (Å²) in [7, 11) is 0. The molecule has 0 spiro atoms. The van der Waals surface area contributed by atoms with Gasteiger partial charge in [-0.3, -0.25) is 0 Å². The molecule has 2 heterocycles. The number of H-pyrrole nitrogens is 1. The van der Waals surface area contributed by atoms with E-state index in [4.69, 9.17) is 9.72 Å². The minimum atomic E-state index is 0.107. The number of rotatable bonds is 9. The molecule has 0 fully saturated rings. The first-order chi connectivity index (χ1) is 15.9. The lowest BCUT2D eigenvalue weighted by atomic mass is 10.1. The number of thiazole rings is 1. The number of hydrogen-bond acceptors (Lipinski definition) is 4. The summed E-state index contributed by atoms with van der Waals surface area (Å²) in [6.45, 7) is 1.34. The quantitative estimate of drug-likeness (QED) is 0.267. The molecule has 3 aromatic carbocycles. The van der Waals surface area contributed by atoms with Gasteiger partial charge in [-0.15, -0.1) is 11.3 Å². The maximum atomic E-state index is 5.89. The van der Waals surface area contributed by atoms with Crippen molar-refractivity contribution in [3.05, 3.63) is 107 Å². The van der Waals surface area contributed by atoms with Crippen LogP contribution in [-0.4, -0.2) is 23.1 Å². The Hall–Kier alpha value is -3.41. The highest BCUT2D eigenvalue weighted by Gasteiger charge is 2.18. The fraction of sp³-hybridized carbons (Fsp3) is 0.148. The van der Waals surface area contributed by atoms with Crippen LogP contribution in [0, 0.1) is 0 Å². The molecule has 1 atom stereocenters. The van der Waals surface area contributed by atoms with E-state index in [0.717, 1.165) is 40.5 Å². The SMILES string of the molecule is c1ccc(OCCNC(Cc2c[nH]c3ccccc23)c2nc(-c3ccccc3)cs2)cc1. The Morgan fingerprint density at radius 1 is 0.906 bits per heavy atom. The fourth-order valence-corrected chi connectivity index (χ4v) is 4.78. The third-order valence-electron chi connectivity index (χ3n) is 5.49. The van der Waals surface area contributed by atoms with Crippen molar-refractivity contribution < 1.29 is 4.74 Å². The van der Waals surface area contributed by atoms with E-state index in [1.54, 1.807) is 11.3 Å². The molecule has 0 saturated heterocycles. The number of benzene rings is 3. The number of hydrogen-bond donors (Lipinski definition) is 2. The molecule has 5 heteroatoms. The van der Waals surface area contributed by atoms with Crippen molar-refractivity contribution in [2.45, 2.75) is 12.5 Å². The summed E-state index contributed by atoms with van der Waals surface area (Å²) in [6.07, 6.45) is 2.97. The van der Waals surface area contributed by atoms with Crippen molar-refractivity contribution in [2.75, 3.05) is 13.2 Å². The zero-order valence-electron chi connectivity index (χ0n) is 17.7. The number of aromatic nitrogens is 2. The van der Waals surface area contributed by atoms with Gasteiger partial charge < -0.3 is 15.0 Å². The normalized spacial score (nSPS) is 12.1. The Morgan fingerprint density at radius 3 is 2.50 bits per heavy atom. The van der Waals surface area contributed by atoms with Crippen LogP contribution in [0.4, 0.5) is 0 Å². The largest absolute Gasteiger partial charge is 0.492 e. The molecule has 2 aromatic heterocycles. The average Bonchev–Trinajstić information content (AvgIpc) is 3.50. The number of nitrogens with one attached hydrogen (secondary N) is 2. The first-order valence-electron chi connectivity index (χ1n) is 10.8. The molecule has 0 saturated carbocycles. The van der Waals surface area contributed by atoms with Gasteiger partial charge in [-0.05, 0) is 30.2 Å². The number of para-hydroxylation sites is 2. The van der Waals surface area contributed by atoms with Crippen LogP contribution in [0.5, 0.6) is 5.75 Å². The van der Waals surface area contributed by atoms with E-state index in [1.165, 1.54) is 10.9 Å².